The molecule has 0 bridgehead atoms. The van der Waals surface area contributed by atoms with Crippen molar-refractivity contribution in [3.05, 3.63) is 34.9 Å². The summed E-state index contributed by atoms with van der Waals surface area (Å²) in [5.41, 5.74) is 1.21. The Morgan fingerprint density at radius 2 is 1.77 bits per heavy atom. The van der Waals surface area contributed by atoms with Crippen LogP contribution in [-0.4, -0.2) is 43.6 Å². The first-order valence-corrected chi connectivity index (χ1v) is 7.67. The Bertz CT molecular complexity index is 458. The van der Waals surface area contributed by atoms with Crippen LogP contribution in [0.15, 0.2) is 29.3 Å². The van der Waals surface area contributed by atoms with Crippen molar-refractivity contribution < 1.29 is 0 Å². The smallest absolute Gasteiger partial charge is 0.191 e. The summed E-state index contributed by atoms with van der Waals surface area (Å²) in [6, 6.07) is 7.78. The molecule has 0 atom stereocenters. The maximum atomic E-state index is 5.89. The molecule has 2 N–H and O–H groups in total. The van der Waals surface area contributed by atoms with Gasteiger partial charge < -0.3 is 15.5 Å². The van der Waals surface area contributed by atoms with Gasteiger partial charge in [-0.25, -0.2) is 4.99 Å². The van der Waals surface area contributed by atoms with E-state index in [1.165, 1.54) is 0 Å². The Kier molecular flexibility index (Phi) is 10.0. The molecule has 0 fully saturated rings. The van der Waals surface area contributed by atoms with Gasteiger partial charge in [0, 0.05) is 23.7 Å². The van der Waals surface area contributed by atoms with Gasteiger partial charge >= 0.3 is 0 Å². The van der Waals surface area contributed by atoms with E-state index in [0.29, 0.717) is 6.54 Å². The number of benzene rings is 1. The van der Waals surface area contributed by atoms with Crippen molar-refractivity contribution in [1.29, 1.82) is 0 Å². The van der Waals surface area contributed by atoms with Crippen molar-refractivity contribution >= 4 is 41.5 Å². The summed E-state index contributed by atoms with van der Waals surface area (Å²) in [7, 11) is 4.17. The van der Waals surface area contributed by atoms with Gasteiger partial charge in [0.2, 0.25) is 0 Å². The third kappa shape index (κ3) is 7.65. The zero-order valence-electron chi connectivity index (χ0n) is 14.1. The van der Waals surface area contributed by atoms with Gasteiger partial charge in [-0.2, -0.15) is 0 Å². The third-order valence-corrected chi connectivity index (χ3v) is 3.83. The van der Waals surface area contributed by atoms with Crippen LogP contribution < -0.4 is 10.6 Å². The lowest BCUT2D eigenvalue weighted by molar-refractivity contribution is 0.197. The minimum Gasteiger partial charge on any atom is -0.357 e. The maximum absolute atomic E-state index is 5.89. The molecule has 6 heteroatoms. The second-order valence-electron chi connectivity index (χ2n) is 5.88. The van der Waals surface area contributed by atoms with Crippen LogP contribution in [0.1, 0.15) is 26.3 Å². The summed E-state index contributed by atoms with van der Waals surface area (Å²) in [5.74, 6) is 0.836. The molecule has 0 radical (unpaired) electrons. The third-order valence-electron chi connectivity index (χ3n) is 3.58. The number of halogens is 2. The van der Waals surface area contributed by atoms with Gasteiger partial charge in [-0.1, -0.05) is 23.7 Å². The van der Waals surface area contributed by atoms with Gasteiger partial charge in [-0.05, 0) is 52.6 Å². The summed E-state index contributed by atoms with van der Waals surface area (Å²) in [6.07, 6.45) is 0. The van der Waals surface area contributed by atoms with Gasteiger partial charge in [0.1, 0.15) is 0 Å². The minimum absolute atomic E-state index is 0. The minimum atomic E-state index is 0. The number of hydrogen-bond acceptors (Lipinski definition) is 2. The predicted octanol–water partition coefficient (Wildman–Crippen LogP) is 3.35. The Morgan fingerprint density at radius 1 is 1.18 bits per heavy atom. The van der Waals surface area contributed by atoms with E-state index in [0.717, 1.165) is 29.6 Å². The van der Waals surface area contributed by atoms with Crippen LogP contribution in [-0.2, 0) is 6.54 Å². The number of nitrogens with one attached hydrogen (secondary N) is 2. The summed E-state index contributed by atoms with van der Waals surface area (Å²) in [6.45, 7) is 8.76. The van der Waals surface area contributed by atoms with E-state index < -0.39 is 0 Å². The molecule has 0 saturated heterocycles. The summed E-state index contributed by atoms with van der Waals surface area (Å²) in [5, 5.41) is 7.42. The van der Waals surface area contributed by atoms with E-state index in [1.807, 2.05) is 24.3 Å². The van der Waals surface area contributed by atoms with Gasteiger partial charge in [0.05, 0.1) is 6.54 Å². The lowest BCUT2D eigenvalue weighted by Gasteiger charge is -2.33. The van der Waals surface area contributed by atoms with Crippen LogP contribution in [0.3, 0.4) is 0 Å². The van der Waals surface area contributed by atoms with Gasteiger partial charge in [-0.3, -0.25) is 0 Å². The number of nitrogens with zero attached hydrogens (tertiary/aromatic N) is 2. The molecular formula is C16H28ClIN4. The zero-order chi connectivity index (χ0) is 15.9. The van der Waals surface area contributed by atoms with Crippen molar-refractivity contribution in [3.8, 4) is 0 Å². The molecule has 0 aliphatic carbocycles. The molecule has 1 rings (SSSR count). The van der Waals surface area contributed by atoms with E-state index in [9.17, 15) is 0 Å². The first kappa shape index (κ1) is 21.5. The summed E-state index contributed by atoms with van der Waals surface area (Å²) in [4.78, 5) is 6.81. The van der Waals surface area contributed by atoms with Gasteiger partial charge in [-0.15, -0.1) is 24.0 Å². The highest BCUT2D eigenvalue weighted by Gasteiger charge is 2.20. The van der Waals surface area contributed by atoms with Crippen molar-refractivity contribution in [3.63, 3.8) is 0 Å². The fraction of sp³-hybridized carbons (Fsp3) is 0.562. The Hall–Kier alpha value is -0.530. The second-order valence-corrected chi connectivity index (χ2v) is 6.32. The largest absolute Gasteiger partial charge is 0.357 e. The van der Waals surface area contributed by atoms with Crippen molar-refractivity contribution in [1.82, 2.24) is 15.5 Å². The molecular weight excluding hydrogens is 411 g/mol. The molecule has 0 unspecified atom stereocenters. The van der Waals surface area contributed by atoms with E-state index in [2.05, 4.69) is 55.4 Å². The topological polar surface area (TPSA) is 39.7 Å². The predicted molar refractivity (Wildman–Crippen MR) is 107 cm³/mol. The SMILES string of the molecule is CCNC(=NCc1ccc(Cl)cc1)NCC(C)(C)N(C)C.I. The first-order chi connectivity index (χ1) is 9.85. The summed E-state index contributed by atoms with van der Waals surface area (Å²) >= 11 is 5.89. The highest BCUT2D eigenvalue weighted by atomic mass is 127. The van der Waals surface area contributed by atoms with Gasteiger partial charge in [0.25, 0.3) is 0 Å². The van der Waals surface area contributed by atoms with Crippen molar-refractivity contribution in [2.24, 2.45) is 4.99 Å². The molecule has 0 aromatic heterocycles. The van der Waals surface area contributed by atoms with Crippen molar-refractivity contribution in [2.75, 3.05) is 27.2 Å². The molecule has 0 saturated carbocycles. The molecule has 4 nitrogen and oxygen atoms in total. The molecule has 0 heterocycles. The molecule has 0 aliphatic rings. The standard InChI is InChI=1S/C16H27ClN4.HI/c1-6-18-15(20-12-16(2,3)21(4)5)19-11-13-7-9-14(17)10-8-13;/h7-10H,6,11-12H2,1-5H3,(H2,18,19,20);1H. The van der Waals surface area contributed by atoms with Crippen LogP contribution in [0, 0.1) is 0 Å². The van der Waals surface area contributed by atoms with E-state index in [-0.39, 0.29) is 29.5 Å². The van der Waals surface area contributed by atoms with Crippen LogP contribution in [0.4, 0.5) is 0 Å². The fourth-order valence-electron chi connectivity index (χ4n) is 1.56. The highest BCUT2D eigenvalue weighted by Crippen LogP contribution is 2.10. The molecule has 1 aromatic carbocycles. The van der Waals surface area contributed by atoms with Crippen molar-refractivity contribution in [2.45, 2.75) is 32.9 Å². The van der Waals surface area contributed by atoms with E-state index >= 15 is 0 Å². The van der Waals surface area contributed by atoms with Crippen LogP contribution in [0.5, 0.6) is 0 Å². The van der Waals surface area contributed by atoms with E-state index in [1.54, 1.807) is 0 Å². The first-order valence-electron chi connectivity index (χ1n) is 7.29. The fourth-order valence-corrected chi connectivity index (χ4v) is 1.69. The Labute approximate surface area is 156 Å². The normalized spacial score (nSPS) is 12.0. The molecule has 22 heavy (non-hydrogen) atoms. The highest BCUT2D eigenvalue weighted by molar-refractivity contribution is 14.0. The quantitative estimate of drug-likeness (QED) is 0.406. The number of hydrogen-bond donors (Lipinski definition) is 2. The number of aliphatic imine (C=N–C) groups is 1. The maximum Gasteiger partial charge on any atom is 0.191 e. The molecule has 1 aromatic rings. The molecule has 0 spiro atoms. The molecule has 0 aliphatic heterocycles. The van der Waals surface area contributed by atoms with E-state index in [4.69, 9.17) is 11.6 Å². The number of likely N-dealkylation sites (N-methyl/N-ethyl adjacent to an activating group) is 1. The lowest BCUT2D eigenvalue weighted by Crippen LogP contribution is -2.50. The average molecular weight is 439 g/mol. The number of rotatable bonds is 6. The van der Waals surface area contributed by atoms with Crippen LogP contribution in [0.2, 0.25) is 5.02 Å². The zero-order valence-corrected chi connectivity index (χ0v) is 17.2. The molecule has 0 amide bonds. The summed E-state index contributed by atoms with van der Waals surface area (Å²) < 4.78 is 0. The van der Waals surface area contributed by atoms with Gasteiger partial charge in [0.15, 0.2) is 5.96 Å². The Balaban J connectivity index is 0.00000441. The lowest BCUT2D eigenvalue weighted by atomic mass is 10.0. The second kappa shape index (κ2) is 10.3. The Morgan fingerprint density at radius 3 is 2.27 bits per heavy atom. The van der Waals surface area contributed by atoms with Crippen LogP contribution >= 0.6 is 35.6 Å². The van der Waals surface area contributed by atoms with Crippen LogP contribution in [0.25, 0.3) is 0 Å². The molecule has 126 valence electrons. The number of guanidine groups is 1. The monoisotopic (exact) mass is 438 g/mol. The average Bonchev–Trinajstić information content (AvgIpc) is 2.43.